The first-order valence-corrected chi connectivity index (χ1v) is 13.2. The van der Waals surface area contributed by atoms with Crippen molar-refractivity contribution >= 4 is 29.2 Å². The number of rotatable bonds is 10. The molecular formula is C29H37N3O5. The molecule has 1 fully saturated rings. The van der Waals surface area contributed by atoms with E-state index in [1.807, 2.05) is 19.9 Å². The van der Waals surface area contributed by atoms with E-state index >= 15 is 0 Å². The van der Waals surface area contributed by atoms with Crippen LogP contribution in [0.2, 0.25) is 0 Å². The van der Waals surface area contributed by atoms with Gasteiger partial charge in [-0.25, -0.2) is 4.79 Å². The third-order valence-corrected chi connectivity index (χ3v) is 7.11. The smallest absolute Gasteiger partial charge is 0.335 e. The van der Waals surface area contributed by atoms with E-state index < -0.39 is 5.97 Å². The van der Waals surface area contributed by atoms with Crippen molar-refractivity contribution in [2.24, 2.45) is 5.92 Å². The summed E-state index contributed by atoms with van der Waals surface area (Å²) in [7, 11) is 0. The summed E-state index contributed by atoms with van der Waals surface area (Å²) in [6.45, 7) is 6.67. The summed E-state index contributed by atoms with van der Waals surface area (Å²) < 4.78 is 5.61. The van der Waals surface area contributed by atoms with Crippen LogP contribution in [0.1, 0.15) is 49.0 Å². The fraction of sp³-hybridized carbons (Fsp3) is 0.483. The highest BCUT2D eigenvalue weighted by molar-refractivity contribution is 6.12. The Morgan fingerprint density at radius 2 is 1.78 bits per heavy atom. The summed E-state index contributed by atoms with van der Waals surface area (Å²) in [5.74, 6) is -0.821. The molecule has 2 aliphatic heterocycles. The maximum absolute atomic E-state index is 13.4. The molecule has 0 spiro atoms. The molecule has 2 aliphatic rings. The first-order valence-electron chi connectivity index (χ1n) is 13.2. The number of fused-ring (bicyclic) bond motifs is 1. The van der Waals surface area contributed by atoms with Gasteiger partial charge in [0.15, 0.2) is 0 Å². The van der Waals surface area contributed by atoms with Crippen molar-refractivity contribution in [3.63, 3.8) is 0 Å². The number of carboxylic acids is 1. The molecule has 1 N–H and O–H groups in total. The molecule has 2 heterocycles. The zero-order valence-electron chi connectivity index (χ0n) is 21.8. The summed E-state index contributed by atoms with van der Waals surface area (Å²) in [6.07, 6.45) is 3.85. The van der Waals surface area contributed by atoms with E-state index in [0.717, 1.165) is 32.4 Å². The van der Waals surface area contributed by atoms with Gasteiger partial charge in [-0.2, -0.15) is 0 Å². The van der Waals surface area contributed by atoms with E-state index in [1.165, 1.54) is 22.6 Å². The minimum absolute atomic E-state index is 0.0928. The molecule has 0 atom stereocenters. The number of carbonyl (C=O) groups is 3. The molecule has 37 heavy (non-hydrogen) atoms. The minimum Gasteiger partial charge on any atom is -0.478 e. The van der Waals surface area contributed by atoms with Crippen LogP contribution >= 0.6 is 0 Å². The van der Waals surface area contributed by atoms with Crippen molar-refractivity contribution in [1.82, 2.24) is 4.90 Å². The number of nitrogens with zero attached hydrogens (tertiary/aromatic N) is 3. The van der Waals surface area contributed by atoms with Crippen LogP contribution in [0.4, 0.5) is 11.4 Å². The second-order valence-corrected chi connectivity index (χ2v) is 10.2. The lowest BCUT2D eigenvalue weighted by Gasteiger charge is -2.38. The monoisotopic (exact) mass is 507 g/mol. The van der Waals surface area contributed by atoms with Gasteiger partial charge >= 0.3 is 5.97 Å². The average molecular weight is 508 g/mol. The zero-order valence-corrected chi connectivity index (χ0v) is 21.8. The van der Waals surface area contributed by atoms with Crippen molar-refractivity contribution in [2.75, 3.05) is 49.1 Å². The van der Waals surface area contributed by atoms with Gasteiger partial charge < -0.3 is 14.7 Å². The van der Waals surface area contributed by atoms with Gasteiger partial charge in [-0.1, -0.05) is 30.3 Å². The molecule has 2 aromatic rings. The van der Waals surface area contributed by atoms with Crippen LogP contribution in [-0.4, -0.2) is 73.2 Å². The van der Waals surface area contributed by atoms with Crippen molar-refractivity contribution in [3.05, 3.63) is 59.7 Å². The minimum atomic E-state index is -1.07. The number of piperidine rings is 1. The normalized spacial score (nSPS) is 16.8. The fourth-order valence-corrected chi connectivity index (χ4v) is 5.12. The summed E-state index contributed by atoms with van der Waals surface area (Å²) in [5.41, 5.74) is 2.49. The Bertz CT molecular complexity index is 1100. The van der Waals surface area contributed by atoms with Crippen LogP contribution in [-0.2, 0) is 20.7 Å². The summed E-state index contributed by atoms with van der Waals surface area (Å²) in [5, 5.41) is 9.54. The van der Waals surface area contributed by atoms with Gasteiger partial charge in [-0.15, -0.1) is 0 Å². The Kier molecular flexibility index (Phi) is 8.95. The topological polar surface area (TPSA) is 90.4 Å². The number of amides is 2. The number of anilines is 2. The molecular weight excluding hydrogens is 470 g/mol. The molecule has 0 radical (unpaired) electrons. The van der Waals surface area contributed by atoms with E-state index in [9.17, 15) is 19.5 Å². The van der Waals surface area contributed by atoms with E-state index in [1.54, 1.807) is 11.0 Å². The van der Waals surface area contributed by atoms with E-state index in [0.29, 0.717) is 36.9 Å². The number of hydrogen-bond donors (Lipinski definition) is 1. The number of benzene rings is 2. The Balaban J connectivity index is 1.41. The highest BCUT2D eigenvalue weighted by Gasteiger charge is 2.34. The number of aromatic carboxylic acids is 1. The molecule has 8 nitrogen and oxygen atoms in total. The van der Waals surface area contributed by atoms with E-state index in [-0.39, 0.29) is 36.6 Å². The van der Waals surface area contributed by atoms with E-state index in [4.69, 9.17) is 4.74 Å². The van der Waals surface area contributed by atoms with Crippen LogP contribution in [0.5, 0.6) is 0 Å². The molecule has 0 aromatic heterocycles. The van der Waals surface area contributed by atoms with E-state index in [2.05, 4.69) is 29.2 Å². The van der Waals surface area contributed by atoms with Crippen LogP contribution in [0.15, 0.2) is 48.5 Å². The molecule has 1 saturated heterocycles. The molecule has 2 amide bonds. The van der Waals surface area contributed by atoms with Crippen LogP contribution in [0, 0.1) is 5.92 Å². The lowest BCUT2D eigenvalue weighted by molar-refractivity contribution is -0.123. The standard InChI is InChI=1S/C29H37N3O5/c1-21(2)37-16-6-13-31-25-10-9-24(29(35)36)18-26(25)32(20-28(31)34)27(33)19-30-14-11-23(12-15-30)17-22-7-4-3-5-8-22/h3-5,7-10,18,21,23H,6,11-17,19-20H2,1-2H3,(H,35,36). The van der Waals surface area contributed by atoms with Crippen LogP contribution < -0.4 is 9.80 Å². The summed E-state index contributed by atoms with van der Waals surface area (Å²) in [4.78, 5) is 43.4. The van der Waals surface area contributed by atoms with Gasteiger partial charge in [0, 0.05) is 13.2 Å². The van der Waals surface area contributed by atoms with Crippen LogP contribution in [0.3, 0.4) is 0 Å². The second kappa shape index (κ2) is 12.3. The van der Waals surface area contributed by atoms with Gasteiger partial charge in [-0.3, -0.25) is 19.4 Å². The number of ether oxygens (including phenoxy) is 1. The second-order valence-electron chi connectivity index (χ2n) is 10.2. The molecule has 0 bridgehead atoms. The first kappa shape index (κ1) is 26.8. The highest BCUT2D eigenvalue weighted by atomic mass is 16.5. The number of hydrogen-bond acceptors (Lipinski definition) is 5. The molecule has 0 saturated carbocycles. The van der Waals surface area contributed by atoms with Gasteiger partial charge in [0.2, 0.25) is 11.8 Å². The Morgan fingerprint density at radius 3 is 2.46 bits per heavy atom. The third-order valence-electron chi connectivity index (χ3n) is 7.11. The lowest BCUT2D eigenvalue weighted by Crippen LogP contribution is -2.51. The maximum atomic E-state index is 13.4. The van der Waals surface area contributed by atoms with Crippen molar-refractivity contribution in [3.8, 4) is 0 Å². The summed E-state index contributed by atoms with van der Waals surface area (Å²) >= 11 is 0. The fourth-order valence-electron chi connectivity index (χ4n) is 5.12. The summed E-state index contributed by atoms with van der Waals surface area (Å²) in [6, 6.07) is 15.1. The zero-order chi connectivity index (χ0) is 26.4. The third kappa shape index (κ3) is 6.96. The SMILES string of the molecule is CC(C)OCCCN1C(=O)CN(C(=O)CN2CCC(Cc3ccccc3)CC2)c2cc(C(=O)O)ccc21. The number of likely N-dealkylation sites (tertiary alicyclic amines) is 1. The molecule has 2 aromatic carbocycles. The average Bonchev–Trinajstić information content (AvgIpc) is 2.88. The van der Waals surface area contributed by atoms with Gasteiger partial charge in [0.1, 0.15) is 6.54 Å². The predicted octanol–water partition coefficient (Wildman–Crippen LogP) is 3.83. The Morgan fingerprint density at radius 1 is 1.05 bits per heavy atom. The highest BCUT2D eigenvalue weighted by Crippen LogP contribution is 2.35. The first-order chi connectivity index (χ1) is 17.8. The predicted molar refractivity (Wildman–Crippen MR) is 143 cm³/mol. The molecule has 198 valence electrons. The van der Waals surface area contributed by atoms with Crippen molar-refractivity contribution < 1.29 is 24.2 Å². The van der Waals surface area contributed by atoms with Gasteiger partial charge in [0.25, 0.3) is 0 Å². The number of carbonyl (C=O) groups excluding carboxylic acids is 2. The Labute approximate surface area is 218 Å². The molecule has 4 rings (SSSR count). The molecule has 0 unspecified atom stereocenters. The molecule has 8 heteroatoms. The van der Waals surface area contributed by atoms with Crippen molar-refractivity contribution in [2.45, 2.75) is 45.6 Å². The van der Waals surface area contributed by atoms with Gasteiger partial charge in [0.05, 0.1) is 29.6 Å². The van der Waals surface area contributed by atoms with Gasteiger partial charge in [-0.05, 0) is 82.3 Å². The lowest BCUT2D eigenvalue weighted by atomic mass is 9.90. The number of carboxylic acid groups (broad SMARTS) is 1. The van der Waals surface area contributed by atoms with Crippen molar-refractivity contribution in [1.29, 1.82) is 0 Å². The van der Waals surface area contributed by atoms with Crippen LogP contribution in [0.25, 0.3) is 0 Å². The Hall–Kier alpha value is -3.23. The molecule has 0 aliphatic carbocycles. The maximum Gasteiger partial charge on any atom is 0.335 e. The quantitative estimate of drug-likeness (QED) is 0.492. The largest absolute Gasteiger partial charge is 0.478 e.